The van der Waals surface area contributed by atoms with E-state index in [9.17, 15) is 4.79 Å². The van der Waals surface area contributed by atoms with Gasteiger partial charge in [-0.3, -0.25) is 9.48 Å². The Morgan fingerprint density at radius 1 is 1.41 bits per heavy atom. The molecule has 2 aliphatic rings. The number of rotatable bonds is 4. The van der Waals surface area contributed by atoms with Crippen LogP contribution in [-0.2, 0) is 24.1 Å². The number of thiophene rings is 1. The van der Waals surface area contributed by atoms with Crippen molar-refractivity contribution >= 4 is 22.9 Å². The Balaban J connectivity index is 1.39. The van der Waals surface area contributed by atoms with Crippen LogP contribution in [0.1, 0.15) is 60.1 Å². The van der Waals surface area contributed by atoms with E-state index in [1.807, 2.05) is 10.9 Å². The van der Waals surface area contributed by atoms with Crippen LogP contribution in [0.15, 0.2) is 18.5 Å². The molecule has 1 aliphatic carbocycles. The molecule has 1 N–H and O–H groups in total. The van der Waals surface area contributed by atoms with Crippen molar-refractivity contribution in [2.45, 2.75) is 65.5 Å². The first-order valence-electron chi connectivity index (χ1n) is 9.95. The molecule has 6 heteroatoms. The normalized spacial score (nSPS) is 22.6. The first-order chi connectivity index (χ1) is 12.9. The molecule has 1 fully saturated rings. The van der Waals surface area contributed by atoms with Crippen molar-refractivity contribution in [2.75, 3.05) is 11.9 Å². The number of carbonyl (C=O) groups excluding carboxylic acids is 1. The molecule has 2 aromatic rings. The van der Waals surface area contributed by atoms with Crippen molar-refractivity contribution in [3.05, 3.63) is 33.8 Å². The Kier molecular flexibility index (Phi) is 5.12. The molecule has 0 bridgehead atoms. The number of amides is 1. The lowest BCUT2D eigenvalue weighted by molar-refractivity contribution is 0.0940. The van der Waals surface area contributed by atoms with Crippen LogP contribution in [0.2, 0.25) is 0 Å². The molecule has 1 saturated heterocycles. The minimum atomic E-state index is -0.0293. The molecule has 5 nitrogen and oxygen atoms in total. The lowest BCUT2D eigenvalue weighted by atomic mass is 9.72. The molecule has 1 aliphatic heterocycles. The second-order valence-electron chi connectivity index (χ2n) is 8.91. The molecule has 2 atom stereocenters. The van der Waals surface area contributed by atoms with Crippen molar-refractivity contribution < 1.29 is 9.53 Å². The van der Waals surface area contributed by atoms with Gasteiger partial charge in [0.15, 0.2) is 0 Å². The van der Waals surface area contributed by atoms with Crippen LogP contribution in [0.4, 0.5) is 5.69 Å². The van der Waals surface area contributed by atoms with E-state index in [0.29, 0.717) is 11.3 Å². The van der Waals surface area contributed by atoms with Crippen molar-refractivity contribution in [1.82, 2.24) is 9.78 Å². The number of hydrogen-bond acceptors (Lipinski definition) is 4. The smallest absolute Gasteiger partial charge is 0.265 e. The number of nitrogens with one attached hydrogen (secondary N) is 1. The summed E-state index contributed by atoms with van der Waals surface area (Å²) in [5.74, 6) is 0.657. The molecule has 0 spiro atoms. The predicted molar refractivity (Wildman–Crippen MR) is 108 cm³/mol. The first-order valence-corrected chi connectivity index (χ1v) is 10.8. The van der Waals surface area contributed by atoms with Crippen LogP contribution < -0.4 is 5.32 Å². The van der Waals surface area contributed by atoms with Gasteiger partial charge in [0, 0.05) is 17.7 Å². The molecule has 0 aromatic carbocycles. The molecule has 1 amide bonds. The number of hydrogen-bond donors (Lipinski definition) is 1. The van der Waals surface area contributed by atoms with Crippen LogP contribution in [0.5, 0.6) is 0 Å². The third-order valence-electron chi connectivity index (χ3n) is 5.84. The summed E-state index contributed by atoms with van der Waals surface area (Å²) in [6, 6.07) is 2.10. The number of carbonyl (C=O) groups is 1. The van der Waals surface area contributed by atoms with Gasteiger partial charge in [0.2, 0.25) is 0 Å². The number of fused-ring (bicyclic) bond motifs is 1. The third-order valence-corrected chi connectivity index (χ3v) is 7.07. The van der Waals surface area contributed by atoms with Crippen LogP contribution in [0, 0.1) is 11.3 Å². The number of aryl methyl sites for hydroxylation is 1. The van der Waals surface area contributed by atoms with Gasteiger partial charge in [0.05, 0.1) is 29.4 Å². The largest absolute Gasteiger partial charge is 0.376 e. The molecular formula is C21H29N3O2S. The highest BCUT2D eigenvalue weighted by molar-refractivity contribution is 7.14. The van der Waals surface area contributed by atoms with Gasteiger partial charge in [-0.15, -0.1) is 11.3 Å². The van der Waals surface area contributed by atoms with Gasteiger partial charge >= 0.3 is 0 Å². The van der Waals surface area contributed by atoms with E-state index in [2.05, 4.69) is 37.3 Å². The number of ether oxygens (including phenoxy) is 1. The number of anilines is 1. The fraction of sp³-hybridized carbons (Fsp3) is 0.619. The molecule has 3 heterocycles. The Morgan fingerprint density at radius 2 is 2.26 bits per heavy atom. The van der Waals surface area contributed by atoms with Gasteiger partial charge in [0.1, 0.15) is 0 Å². The quantitative estimate of drug-likeness (QED) is 0.839. The van der Waals surface area contributed by atoms with Gasteiger partial charge in [-0.25, -0.2) is 0 Å². The topological polar surface area (TPSA) is 56.2 Å². The van der Waals surface area contributed by atoms with E-state index in [4.69, 9.17) is 4.74 Å². The molecule has 146 valence electrons. The predicted octanol–water partition coefficient (Wildman–Crippen LogP) is 4.53. The summed E-state index contributed by atoms with van der Waals surface area (Å²) in [6.07, 6.45) is 9.45. The Bertz CT molecular complexity index is 812. The molecule has 0 radical (unpaired) electrons. The summed E-state index contributed by atoms with van der Waals surface area (Å²) >= 11 is 1.65. The Labute approximate surface area is 165 Å². The molecule has 0 saturated carbocycles. The average molecular weight is 388 g/mol. The third kappa shape index (κ3) is 4.27. The molecule has 2 unspecified atom stereocenters. The summed E-state index contributed by atoms with van der Waals surface area (Å²) in [5, 5.41) is 7.36. The summed E-state index contributed by atoms with van der Waals surface area (Å²) in [5.41, 5.74) is 2.43. The van der Waals surface area contributed by atoms with Crippen LogP contribution in [-0.4, -0.2) is 28.4 Å². The molecule has 2 aromatic heterocycles. The average Bonchev–Trinajstić information content (AvgIpc) is 3.34. The highest BCUT2D eigenvalue weighted by Gasteiger charge is 2.30. The van der Waals surface area contributed by atoms with Crippen LogP contribution in [0.3, 0.4) is 0 Å². The van der Waals surface area contributed by atoms with Crippen molar-refractivity contribution in [3.63, 3.8) is 0 Å². The zero-order chi connectivity index (χ0) is 19.0. The lowest BCUT2D eigenvalue weighted by Gasteiger charge is -2.33. The summed E-state index contributed by atoms with van der Waals surface area (Å²) in [6.45, 7) is 8.54. The van der Waals surface area contributed by atoms with Gasteiger partial charge in [-0.05, 0) is 55.1 Å². The summed E-state index contributed by atoms with van der Waals surface area (Å²) in [4.78, 5) is 14.9. The van der Waals surface area contributed by atoms with Crippen molar-refractivity contribution in [1.29, 1.82) is 0 Å². The van der Waals surface area contributed by atoms with Crippen LogP contribution >= 0.6 is 11.3 Å². The maximum atomic E-state index is 12.7. The van der Waals surface area contributed by atoms with E-state index in [-0.39, 0.29) is 12.0 Å². The van der Waals surface area contributed by atoms with E-state index in [0.717, 1.165) is 49.4 Å². The van der Waals surface area contributed by atoms with E-state index in [1.165, 1.54) is 16.9 Å². The number of aromatic nitrogens is 2. The SMILES string of the molecule is CC(C)(C)C1CCc2sc(C(=O)Nc3cnn(CC4CCCO4)c3)cc2C1. The highest BCUT2D eigenvalue weighted by Crippen LogP contribution is 2.40. The zero-order valence-corrected chi connectivity index (χ0v) is 17.3. The number of nitrogens with zero attached hydrogens (tertiary/aromatic N) is 2. The van der Waals surface area contributed by atoms with E-state index in [1.54, 1.807) is 17.5 Å². The minimum absolute atomic E-state index is 0.0293. The maximum absolute atomic E-state index is 12.7. The maximum Gasteiger partial charge on any atom is 0.265 e. The Morgan fingerprint density at radius 3 is 3.00 bits per heavy atom. The summed E-state index contributed by atoms with van der Waals surface area (Å²) in [7, 11) is 0. The van der Waals surface area contributed by atoms with Gasteiger partial charge in [-0.1, -0.05) is 20.8 Å². The summed E-state index contributed by atoms with van der Waals surface area (Å²) < 4.78 is 7.51. The second-order valence-corrected chi connectivity index (χ2v) is 10.0. The van der Waals surface area contributed by atoms with E-state index >= 15 is 0 Å². The minimum Gasteiger partial charge on any atom is -0.376 e. The Hall–Kier alpha value is -1.66. The van der Waals surface area contributed by atoms with E-state index < -0.39 is 0 Å². The first kappa shape index (κ1) is 18.7. The van der Waals surface area contributed by atoms with Crippen molar-refractivity contribution in [3.8, 4) is 0 Å². The molecular weight excluding hydrogens is 358 g/mol. The fourth-order valence-corrected chi connectivity index (χ4v) is 5.20. The molecule has 4 rings (SSSR count). The standard InChI is InChI=1S/C21H29N3O2S/c1-21(2,3)15-6-7-18-14(9-15)10-19(27-18)20(25)23-16-11-22-24(12-16)13-17-5-4-8-26-17/h10-12,15,17H,4-9,13H2,1-3H3,(H,23,25). The van der Waals surface area contributed by atoms with Gasteiger partial charge < -0.3 is 10.1 Å². The molecule has 27 heavy (non-hydrogen) atoms. The second kappa shape index (κ2) is 7.40. The highest BCUT2D eigenvalue weighted by atomic mass is 32.1. The van der Waals surface area contributed by atoms with Gasteiger partial charge in [0.25, 0.3) is 5.91 Å². The van der Waals surface area contributed by atoms with Crippen molar-refractivity contribution in [2.24, 2.45) is 11.3 Å². The van der Waals surface area contributed by atoms with Gasteiger partial charge in [-0.2, -0.15) is 5.10 Å². The zero-order valence-electron chi connectivity index (χ0n) is 16.5. The lowest BCUT2D eigenvalue weighted by Crippen LogP contribution is -2.26. The van der Waals surface area contributed by atoms with Crippen LogP contribution in [0.25, 0.3) is 0 Å². The fourth-order valence-electron chi connectivity index (χ4n) is 4.09. The monoisotopic (exact) mass is 387 g/mol.